The van der Waals surface area contributed by atoms with Crippen LogP contribution in [-0.2, 0) is 14.8 Å². The van der Waals surface area contributed by atoms with Crippen molar-refractivity contribution < 1.29 is 13.2 Å². The number of nitrogens with one attached hydrogen (secondary N) is 1. The molecule has 1 aliphatic heterocycles. The van der Waals surface area contributed by atoms with Crippen LogP contribution in [0.1, 0.15) is 26.7 Å². The van der Waals surface area contributed by atoms with Crippen LogP contribution in [0.3, 0.4) is 0 Å². The van der Waals surface area contributed by atoms with Gasteiger partial charge in [-0.3, -0.25) is 4.79 Å². The van der Waals surface area contributed by atoms with Crippen molar-refractivity contribution in [3.05, 3.63) is 0 Å². The summed E-state index contributed by atoms with van der Waals surface area (Å²) in [6, 6.07) is 0.358. The lowest BCUT2D eigenvalue weighted by molar-refractivity contribution is -0.129. The zero-order chi connectivity index (χ0) is 14.5. The fourth-order valence-electron chi connectivity index (χ4n) is 1.97. The van der Waals surface area contributed by atoms with Crippen LogP contribution in [0.2, 0.25) is 0 Å². The predicted molar refractivity (Wildman–Crippen MR) is 75.4 cm³/mol. The van der Waals surface area contributed by atoms with Gasteiger partial charge in [0.2, 0.25) is 15.9 Å². The first-order valence-corrected chi connectivity index (χ1v) is 8.39. The van der Waals surface area contributed by atoms with Gasteiger partial charge < -0.3 is 10.2 Å². The molecule has 0 aromatic rings. The highest BCUT2D eigenvalue weighted by Crippen LogP contribution is 2.09. The number of nitrogens with zero attached hydrogens (tertiary/aromatic N) is 2. The van der Waals surface area contributed by atoms with E-state index >= 15 is 0 Å². The van der Waals surface area contributed by atoms with Crippen LogP contribution in [0.5, 0.6) is 0 Å². The Morgan fingerprint density at radius 1 is 1.32 bits per heavy atom. The van der Waals surface area contributed by atoms with E-state index in [1.165, 1.54) is 4.31 Å². The maximum Gasteiger partial charge on any atom is 0.237 e. The maximum atomic E-state index is 12.2. The monoisotopic (exact) mass is 291 g/mol. The van der Waals surface area contributed by atoms with Crippen molar-refractivity contribution in [3.63, 3.8) is 0 Å². The van der Waals surface area contributed by atoms with Gasteiger partial charge in [0.25, 0.3) is 0 Å². The zero-order valence-corrected chi connectivity index (χ0v) is 12.9. The highest BCUT2D eigenvalue weighted by atomic mass is 32.2. The van der Waals surface area contributed by atoms with Gasteiger partial charge in [0.05, 0.1) is 12.3 Å². The molecule has 1 rings (SSSR count). The predicted octanol–water partition coefficient (Wildman–Crippen LogP) is -0.132. The minimum absolute atomic E-state index is 0.0174. The Labute approximate surface area is 116 Å². The molecule has 6 nitrogen and oxygen atoms in total. The van der Waals surface area contributed by atoms with Crippen molar-refractivity contribution in [3.8, 4) is 0 Å². The summed E-state index contributed by atoms with van der Waals surface area (Å²) in [5, 5.41) is 3.19. The Morgan fingerprint density at radius 2 is 2.00 bits per heavy atom. The molecule has 1 saturated heterocycles. The first-order chi connectivity index (χ1) is 8.83. The average molecular weight is 291 g/mol. The molecule has 0 atom stereocenters. The zero-order valence-electron chi connectivity index (χ0n) is 12.1. The van der Waals surface area contributed by atoms with E-state index in [-0.39, 0.29) is 18.2 Å². The molecule has 19 heavy (non-hydrogen) atoms. The number of carbonyl (C=O) groups excluding carboxylic acids is 1. The Balaban J connectivity index is 2.49. The van der Waals surface area contributed by atoms with E-state index in [1.807, 2.05) is 13.8 Å². The molecule has 1 heterocycles. The van der Waals surface area contributed by atoms with Gasteiger partial charge in [0.1, 0.15) is 0 Å². The molecule has 0 aromatic carbocycles. The molecular formula is C12H25N3O3S. The summed E-state index contributed by atoms with van der Waals surface area (Å²) < 4.78 is 25.7. The summed E-state index contributed by atoms with van der Waals surface area (Å²) in [6.45, 7) is 5.78. The number of rotatable bonds is 6. The van der Waals surface area contributed by atoms with Gasteiger partial charge in [0, 0.05) is 26.2 Å². The summed E-state index contributed by atoms with van der Waals surface area (Å²) in [6.07, 6.45) is 1.27. The van der Waals surface area contributed by atoms with Crippen LogP contribution in [0.4, 0.5) is 0 Å². The maximum absolute atomic E-state index is 12.2. The van der Waals surface area contributed by atoms with E-state index in [4.69, 9.17) is 0 Å². The third-order valence-electron chi connectivity index (χ3n) is 3.16. The average Bonchev–Trinajstić information content (AvgIpc) is 2.48. The molecule has 0 unspecified atom stereocenters. The Morgan fingerprint density at radius 3 is 2.63 bits per heavy atom. The van der Waals surface area contributed by atoms with Crippen LogP contribution >= 0.6 is 0 Å². The molecule has 0 bridgehead atoms. The van der Waals surface area contributed by atoms with Crippen molar-refractivity contribution in [2.24, 2.45) is 0 Å². The largest absolute Gasteiger partial charge is 0.345 e. The molecule has 1 aliphatic rings. The topological polar surface area (TPSA) is 69.7 Å². The molecule has 0 radical (unpaired) electrons. The van der Waals surface area contributed by atoms with E-state index in [9.17, 15) is 13.2 Å². The van der Waals surface area contributed by atoms with Crippen LogP contribution < -0.4 is 5.32 Å². The summed E-state index contributed by atoms with van der Waals surface area (Å²) >= 11 is 0. The minimum Gasteiger partial charge on any atom is -0.345 e. The number of amides is 1. The van der Waals surface area contributed by atoms with Crippen molar-refractivity contribution in [2.45, 2.75) is 32.7 Å². The molecule has 1 fully saturated rings. The molecule has 1 amide bonds. The standard InChI is InChI=1S/C12H25N3O3S/c1-11(2)13-6-4-9-19(17,18)15-8-5-7-14(3)12(16)10-15/h11,13H,4-10H2,1-3H3. The van der Waals surface area contributed by atoms with Gasteiger partial charge in [0.15, 0.2) is 0 Å². The number of likely N-dealkylation sites (N-methyl/N-ethyl adjacent to an activating group) is 1. The Hall–Kier alpha value is -0.660. The molecule has 1 N–H and O–H groups in total. The first-order valence-electron chi connectivity index (χ1n) is 6.78. The second kappa shape index (κ2) is 7.21. The van der Waals surface area contributed by atoms with Gasteiger partial charge in [-0.05, 0) is 19.4 Å². The van der Waals surface area contributed by atoms with E-state index in [0.29, 0.717) is 38.5 Å². The highest BCUT2D eigenvalue weighted by Gasteiger charge is 2.27. The SMILES string of the molecule is CC(C)NCCCS(=O)(=O)N1CCCN(C)C(=O)C1. The van der Waals surface area contributed by atoms with Crippen molar-refractivity contribution in [1.82, 2.24) is 14.5 Å². The lowest BCUT2D eigenvalue weighted by Crippen LogP contribution is -2.39. The molecule has 0 aliphatic carbocycles. The van der Waals surface area contributed by atoms with Gasteiger partial charge in [-0.1, -0.05) is 13.8 Å². The fraction of sp³-hybridized carbons (Fsp3) is 0.917. The smallest absolute Gasteiger partial charge is 0.237 e. The number of hydrogen-bond donors (Lipinski definition) is 1. The summed E-state index contributed by atoms with van der Waals surface area (Å²) in [7, 11) is -1.60. The van der Waals surface area contributed by atoms with E-state index in [2.05, 4.69) is 5.32 Å². The summed E-state index contributed by atoms with van der Waals surface area (Å²) in [5.41, 5.74) is 0. The Kier molecular flexibility index (Phi) is 6.22. The summed E-state index contributed by atoms with van der Waals surface area (Å²) in [5.74, 6) is -0.0228. The molecule has 112 valence electrons. The van der Waals surface area contributed by atoms with Gasteiger partial charge in [-0.25, -0.2) is 8.42 Å². The lowest BCUT2D eigenvalue weighted by atomic mass is 10.4. The van der Waals surface area contributed by atoms with Crippen molar-refractivity contribution in [1.29, 1.82) is 0 Å². The molecule has 0 spiro atoms. The van der Waals surface area contributed by atoms with Crippen LogP contribution in [0.25, 0.3) is 0 Å². The summed E-state index contributed by atoms with van der Waals surface area (Å²) in [4.78, 5) is 13.3. The normalized spacial score (nSPS) is 18.9. The number of carbonyl (C=O) groups is 1. The van der Waals surface area contributed by atoms with Gasteiger partial charge in [-0.2, -0.15) is 4.31 Å². The quantitative estimate of drug-likeness (QED) is 0.692. The van der Waals surface area contributed by atoms with E-state index in [0.717, 1.165) is 0 Å². The second-order valence-electron chi connectivity index (χ2n) is 5.28. The molecule has 0 aromatic heterocycles. The first kappa shape index (κ1) is 16.4. The lowest BCUT2D eigenvalue weighted by Gasteiger charge is -2.19. The molecule has 0 saturated carbocycles. The third kappa shape index (κ3) is 5.46. The van der Waals surface area contributed by atoms with E-state index < -0.39 is 10.0 Å². The Bertz CT molecular complexity index is 395. The van der Waals surface area contributed by atoms with Crippen LogP contribution in [0.15, 0.2) is 0 Å². The minimum atomic E-state index is -3.32. The molecular weight excluding hydrogens is 266 g/mol. The van der Waals surface area contributed by atoms with Crippen molar-refractivity contribution in [2.75, 3.05) is 39.0 Å². The van der Waals surface area contributed by atoms with Crippen molar-refractivity contribution >= 4 is 15.9 Å². The van der Waals surface area contributed by atoms with E-state index in [1.54, 1.807) is 11.9 Å². The van der Waals surface area contributed by atoms with Gasteiger partial charge >= 0.3 is 0 Å². The fourth-order valence-corrected chi connectivity index (χ4v) is 3.45. The second-order valence-corrected chi connectivity index (χ2v) is 7.37. The number of hydrogen-bond acceptors (Lipinski definition) is 4. The van der Waals surface area contributed by atoms with Crippen LogP contribution in [0, 0.1) is 0 Å². The number of sulfonamides is 1. The van der Waals surface area contributed by atoms with Crippen LogP contribution in [-0.4, -0.2) is 68.6 Å². The van der Waals surface area contributed by atoms with Gasteiger partial charge in [-0.15, -0.1) is 0 Å². The third-order valence-corrected chi connectivity index (χ3v) is 5.07. The highest BCUT2D eigenvalue weighted by molar-refractivity contribution is 7.89. The molecule has 7 heteroatoms.